The van der Waals surface area contributed by atoms with E-state index in [-0.39, 0.29) is 10.7 Å². The third kappa shape index (κ3) is 6.37. The first-order valence-corrected chi connectivity index (χ1v) is 12.9. The van der Waals surface area contributed by atoms with Crippen molar-refractivity contribution in [3.63, 3.8) is 0 Å². The summed E-state index contributed by atoms with van der Waals surface area (Å²) in [5.74, 6) is -1.69. The first-order valence-electron chi connectivity index (χ1n) is 12.1. The standard InChI is InChI=1S/C28H20N6O6S/c35-23(17-33-28(39)34(20-12-5-2-6-13-20)25(32-33)18-9-3-1-4-10-18)31-29-16-19-11-7-8-14-21(19)40-24(36)15-22-26(37)30-27(38)41-22/h1-16H,17H2,(H,31,35)(H,30,37,38)/b22-15+,29-16-. The number of hydrazone groups is 1. The van der Waals surface area contributed by atoms with E-state index >= 15 is 0 Å². The van der Waals surface area contributed by atoms with Crippen molar-refractivity contribution in [3.05, 3.63) is 112 Å². The minimum Gasteiger partial charge on any atom is -0.423 e. The van der Waals surface area contributed by atoms with Crippen LogP contribution in [-0.2, 0) is 20.9 Å². The van der Waals surface area contributed by atoms with Gasteiger partial charge in [0, 0.05) is 17.2 Å². The number of nitrogens with one attached hydrogen (secondary N) is 2. The highest BCUT2D eigenvalue weighted by molar-refractivity contribution is 8.18. The molecule has 0 atom stereocenters. The van der Waals surface area contributed by atoms with Crippen LogP contribution in [0.2, 0.25) is 0 Å². The molecule has 3 aromatic carbocycles. The zero-order chi connectivity index (χ0) is 28.8. The highest BCUT2D eigenvalue weighted by Crippen LogP contribution is 2.24. The molecule has 204 valence electrons. The van der Waals surface area contributed by atoms with Gasteiger partial charge < -0.3 is 4.74 Å². The van der Waals surface area contributed by atoms with Gasteiger partial charge in [0.05, 0.1) is 16.8 Å². The second-order valence-corrected chi connectivity index (χ2v) is 9.42. The zero-order valence-corrected chi connectivity index (χ0v) is 21.9. The summed E-state index contributed by atoms with van der Waals surface area (Å²) in [6, 6.07) is 24.5. The van der Waals surface area contributed by atoms with Gasteiger partial charge in [0.15, 0.2) is 5.82 Å². The van der Waals surface area contributed by atoms with E-state index < -0.39 is 35.3 Å². The Balaban J connectivity index is 1.29. The molecule has 1 aromatic heterocycles. The summed E-state index contributed by atoms with van der Waals surface area (Å²) in [5, 5.41) is 9.78. The van der Waals surface area contributed by atoms with Crippen LogP contribution in [0.5, 0.6) is 5.75 Å². The molecule has 1 aliphatic rings. The molecular formula is C28H20N6O6S. The number of benzene rings is 3. The summed E-state index contributed by atoms with van der Waals surface area (Å²) in [6.45, 7) is -0.404. The Labute approximate surface area is 236 Å². The van der Waals surface area contributed by atoms with E-state index in [4.69, 9.17) is 4.74 Å². The van der Waals surface area contributed by atoms with Crippen LogP contribution < -0.4 is 21.2 Å². The fraction of sp³-hybridized carbons (Fsp3) is 0.0357. The van der Waals surface area contributed by atoms with Crippen LogP contribution >= 0.6 is 11.8 Å². The number of thioether (sulfide) groups is 1. The number of amides is 3. The predicted molar refractivity (Wildman–Crippen MR) is 150 cm³/mol. The van der Waals surface area contributed by atoms with E-state index in [1.165, 1.54) is 16.8 Å². The van der Waals surface area contributed by atoms with Gasteiger partial charge in [0.1, 0.15) is 12.3 Å². The molecule has 1 fully saturated rings. The van der Waals surface area contributed by atoms with Crippen LogP contribution in [0.3, 0.4) is 0 Å². The number of hydrogen-bond acceptors (Lipinski definition) is 9. The van der Waals surface area contributed by atoms with Gasteiger partial charge in [-0.05, 0) is 36.0 Å². The topological polar surface area (TPSA) is 154 Å². The van der Waals surface area contributed by atoms with Gasteiger partial charge in [-0.1, -0.05) is 60.7 Å². The second kappa shape index (κ2) is 12.1. The monoisotopic (exact) mass is 568 g/mol. The summed E-state index contributed by atoms with van der Waals surface area (Å²) < 4.78 is 7.75. The van der Waals surface area contributed by atoms with E-state index in [2.05, 4.69) is 15.6 Å². The third-order valence-corrected chi connectivity index (χ3v) is 6.40. The highest BCUT2D eigenvalue weighted by Gasteiger charge is 2.26. The van der Waals surface area contributed by atoms with Crippen molar-refractivity contribution >= 4 is 41.0 Å². The summed E-state index contributed by atoms with van der Waals surface area (Å²) in [7, 11) is 0. The number of nitrogens with zero attached hydrogens (tertiary/aromatic N) is 4. The lowest BCUT2D eigenvalue weighted by atomic mass is 10.2. The van der Waals surface area contributed by atoms with Gasteiger partial charge in [-0.3, -0.25) is 19.7 Å². The maximum absolute atomic E-state index is 13.3. The molecule has 0 radical (unpaired) electrons. The summed E-state index contributed by atoms with van der Waals surface area (Å²) in [4.78, 5) is 61.0. The van der Waals surface area contributed by atoms with E-state index in [1.807, 2.05) is 41.7 Å². The number of esters is 1. The molecule has 0 bridgehead atoms. The van der Waals surface area contributed by atoms with Crippen LogP contribution in [0.1, 0.15) is 5.56 Å². The zero-order valence-electron chi connectivity index (χ0n) is 21.1. The smallest absolute Gasteiger partial charge is 0.351 e. The number of rotatable bonds is 8. The van der Waals surface area contributed by atoms with E-state index in [0.717, 1.165) is 10.8 Å². The maximum Gasteiger partial charge on any atom is 0.351 e. The van der Waals surface area contributed by atoms with Crippen LogP contribution in [0.4, 0.5) is 4.79 Å². The summed E-state index contributed by atoms with van der Waals surface area (Å²) in [5.41, 5.74) is 3.48. The molecule has 0 spiro atoms. The van der Waals surface area contributed by atoms with Crippen LogP contribution in [0.15, 0.2) is 106 Å². The van der Waals surface area contributed by atoms with Gasteiger partial charge in [0.25, 0.3) is 17.1 Å². The minimum absolute atomic E-state index is 0.0845. The first-order chi connectivity index (χ1) is 19.9. The van der Waals surface area contributed by atoms with Crippen molar-refractivity contribution in [2.75, 3.05) is 0 Å². The minimum atomic E-state index is -0.871. The van der Waals surface area contributed by atoms with Gasteiger partial charge in [0.2, 0.25) is 0 Å². The van der Waals surface area contributed by atoms with Crippen LogP contribution in [0.25, 0.3) is 17.1 Å². The molecule has 0 unspecified atom stereocenters. The Morgan fingerprint density at radius 1 is 0.951 bits per heavy atom. The van der Waals surface area contributed by atoms with Crippen LogP contribution in [0, 0.1) is 0 Å². The number of para-hydroxylation sites is 2. The molecule has 3 amide bonds. The molecule has 4 aromatic rings. The van der Waals surface area contributed by atoms with Crippen molar-refractivity contribution in [2.45, 2.75) is 6.54 Å². The number of carbonyl (C=O) groups excluding carboxylic acids is 4. The lowest BCUT2D eigenvalue weighted by Crippen LogP contribution is -2.31. The largest absolute Gasteiger partial charge is 0.423 e. The average Bonchev–Trinajstić information content (AvgIpc) is 3.47. The van der Waals surface area contributed by atoms with E-state index in [0.29, 0.717) is 34.4 Å². The Bertz CT molecular complexity index is 1760. The Morgan fingerprint density at radius 3 is 2.34 bits per heavy atom. The Kier molecular flexibility index (Phi) is 7.97. The molecule has 1 aliphatic heterocycles. The lowest BCUT2D eigenvalue weighted by molar-refractivity contribution is -0.129. The van der Waals surface area contributed by atoms with Crippen molar-refractivity contribution in [2.24, 2.45) is 5.10 Å². The summed E-state index contributed by atoms with van der Waals surface area (Å²) in [6.07, 6.45) is 2.17. The fourth-order valence-corrected chi connectivity index (χ4v) is 4.43. The molecule has 0 aliphatic carbocycles. The second-order valence-electron chi connectivity index (χ2n) is 8.41. The molecule has 41 heavy (non-hydrogen) atoms. The molecular weight excluding hydrogens is 548 g/mol. The Morgan fingerprint density at radius 2 is 1.63 bits per heavy atom. The summed E-state index contributed by atoms with van der Waals surface area (Å²) >= 11 is 0.591. The van der Waals surface area contributed by atoms with Crippen molar-refractivity contribution in [3.8, 4) is 22.8 Å². The van der Waals surface area contributed by atoms with Gasteiger partial charge in [-0.2, -0.15) is 5.10 Å². The van der Waals surface area contributed by atoms with Gasteiger partial charge in [-0.15, -0.1) is 5.10 Å². The SMILES string of the molecule is O=C(Cn1nc(-c2ccccc2)n(-c2ccccc2)c1=O)N/N=C\c1ccccc1OC(=O)/C=C1/SC(=O)NC1=O. The quantitative estimate of drug-likeness (QED) is 0.108. The van der Waals surface area contributed by atoms with E-state index in [1.54, 1.807) is 42.5 Å². The molecule has 0 saturated carbocycles. The predicted octanol–water partition coefficient (Wildman–Crippen LogP) is 2.62. The number of ether oxygens (including phenoxy) is 1. The van der Waals surface area contributed by atoms with Crippen LogP contribution in [-0.4, -0.2) is 43.6 Å². The number of imide groups is 1. The molecule has 1 saturated heterocycles. The van der Waals surface area contributed by atoms with Crippen molar-refractivity contribution in [1.82, 2.24) is 25.1 Å². The molecule has 13 heteroatoms. The number of carbonyl (C=O) groups is 4. The number of aromatic nitrogens is 3. The average molecular weight is 569 g/mol. The molecule has 2 heterocycles. The first kappa shape index (κ1) is 27.0. The molecule has 2 N–H and O–H groups in total. The molecule has 5 rings (SSSR count). The Hall–Kier alpha value is -5.56. The van der Waals surface area contributed by atoms with Gasteiger partial charge in [-0.25, -0.2) is 24.3 Å². The fourth-order valence-electron chi connectivity index (χ4n) is 3.79. The molecule has 12 nitrogen and oxygen atoms in total. The third-order valence-electron chi connectivity index (χ3n) is 5.59. The van der Waals surface area contributed by atoms with E-state index in [9.17, 15) is 24.0 Å². The van der Waals surface area contributed by atoms with Crippen molar-refractivity contribution < 1.29 is 23.9 Å². The normalized spacial score (nSPS) is 13.9. The highest BCUT2D eigenvalue weighted by atomic mass is 32.2. The maximum atomic E-state index is 13.3. The lowest BCUT2D eigenvalue weighted by Gasteiger charge is -2.05. The number of hydrogen-bond donors (Lipinski definition) is 2. The van der Waals surface area contributed by atoms with Gasteiger partial charge >= 0.3 is 11.7 Å². The van der Waals surface area contributed by atoms with Crippen molar-refractivity contribution in [1.29, 1.82) is 0 Å².